The summed E-state index contributed by atoms with van der Waals surface area (Å²) in [5, 5.41) is 6.70. The van der Waals surface area contributed by atoms with Gasteiger partial charge in [0, 0.05) is 42.5 Å². The van der Waals surface area contributed by atoms with Crippen molar-refractivity contribution in [2.24, 2.45) is 0 Å². The lowest BCUT2D eigenvalue weighted by molar-refractivity contribution is 0.443. The van der Waals surface area contributed by atoms with Gasteiger partial charge in [0.25, 0.3) is 5.56 Å². The first-order valence-electron chi connectivity index (χ1n) is 7.22. The Morgan fingerprint density at radius 1 is 1.52 bits per heavy atom. The topological polar surface area (TPSA) is 46.9 Å². The van der Waals surface area contributed by atoms with E-state index in [-0.39, 0.29) is 5.56 Å². The second-order valence-corrected chi connectivity index (χ2v) is 6.27. The number of pyridine rings is 1. The number of aromatic nitrogens is 2. The van der Waals surface area contributed by atoms with Gasteiger partial charge in [0.15, 0.2) is 0 Å². The molecule has 0 saturated carbocycles. The van der Waals surface area contributed by atoms with E-state index in [1.54, 1.807) is 23.5 Å². The van der Waals surface area contributed by atoms with E-state index >= 15 is 0 Å². The molecule has 1 aliphatic rings. The van der Waals surface area contributed by atoms with E-state index in [0.717, 1.165) is 30.8 Å². The summed E-state index contributed by atoms with van der Waals surface area (Å²) in [6, 6.07) is 4.11. The Hall–Kier alpha value is -1.72. The first-order valence-corrected chi connectivity index (χ1v) is 8.10. The Morgan fingerprint density at radius 2 is 2.43 bits per heavy atom. The van der Waals surface area contributed by atoms with Crippen molar-refractivity contribution in [3.8, 4) is 0 Å². The Balaban J connectivity index is 1.72. The summed E-state index contributed by atoms with van der Waals surface area (Å²) in [6.45, 7) is 5.16. The van der Waals surface area contributed by atoms with Gasteiger partial charge in [-0.3, -0.25) is 4.79 Å². The molecule has 0 fully saturated rings. The smallest absolute Gasteiger partial charge is 0.251 e. The van der Waals surface area contributed by atoms with Crippen molar-refractivity contribution in [3.05, 3.63) is 63.0 Å². The molecular formula is C16H19N3OS. The molecule has 4 nitrogen and oxygen atoms in total. The molecule has 1 unspecified atom stereocenters. The summed E-state index contributed by atoms with van der Waals surface area (Å²) in [4.78, 5) is 16.2. The minimum absolute atomic E-state index is 0.0721. The number of allylic oxidation sites excluding steroid dienone is 1. The molecule has 0 radical (unpaired) electrons. The van der Waals surface area contributed by atoms with E-state index in [0.29, 0.717) is 12.6 Å². The van der Waals surface area contributed by atoms with Gasteiger partial charge in [-0.15, -0.1) is 17.9 Å². The first-order chi connectivity index (χ1) is 10.3. The van der Waals surface area contributed by atoms with Crippen molar-refractivity contribution in [1.29, 1.82) is 0 Å². The molecule has 5 heteroatoms. The van der Waals surface area contributed by atoms with Crippen molar-refractivity contribution in [2.75, 3.05) is 0 Å². The first kappa shape index (κ1) is 14.2. The highest BCUT2D eigenvalue weighted by molar-refractivity contribution is 7.09. The molecule has 0 aromatic carbocycles. The largest absolute Gasteiger partial charge is 0.309 e. The summed E-state index contributed by atoms with van der Waals surface area (Å²) in [5.41, 5.74) is 2.52. The average molecular weight is 301 g/mol. The third-order valence-corrected chi connectivity index (χ3v) is 4.70. The van der Waals surface area contributed by atoms with Crippen molar-refractivity contribution >= 4 is 11.3 Å². The second kappa shape index (κ2) is 6.37. The van der Waals surface area contributed by atoms with Gasteiger partial charge in [-0.1, -0.05) is 12.1 Å². The molecule has 0 aliphatic heterocycles. The SMILES string of the molecule is C=CCn1c2c(ccc1=O)CC(NCc1nccs1)CC2. The Bertz CT molecular complexity index is 675. The molecule has 110 valence electrons. The Morgan fingerprint density at radius 3 is 3.19 bits per heavy atom. The summed E-state index contributed by atoms with van der Waals surface area (Å²) in [7, 11) is 0. The van der Waals surface area contributed by atoms with Crippen molar-refractivity contribution in [1.82, 2.24) is 14.9 Å². The minimum Gasteiger partial charge on any atom is -0.309 e. The average Bonchev–Trinajstić information content (AvgIpc) is 3.01. The number of hydrogen-bond acceptors (Lipinski definition) is 4. The monoisotopic (exact) mass is 301 g/mol. The molecule has 2 aromatic heterocycles. The van der Waals surface area contributed by atoms with Crippen LogP contribution in [0.15, 0.2) is 41.2 Å². The van der Waals surface area contributed by atoms with Crippen LogP contribution in [0.3, 0.4) is 0 Å². The van der Waals surface area contributed by atoms with Crippen molar-refractivity contribution in [2.45, 2.75) is 38.4 Å². The zero-order valence-electron chi connectivity index (χ0n) is 11.9. The number of nitrogens with one attached hydrogen (secondary N) is 1. The highest BCUT2D eigenvalue weighted by atomic mass is 32.1. The third kappa shape index (κ3) is 3.14. The summed E-state index contributed by atoms with van der Waals surface area (Å²) >= 11 is 1.68. The number of thiazole rings is 1. The predicted octanol–water partition coefficient (Wildman–Crippen LogP) is 2.14. The predicted molar refractivity (Wildman–Crippen MR) is 85.7 cm³/mol. The molecule has 0 saturated heterocycles. The zero-order valence-corrected chi connectivity index (χ0v) is 12.7. The van der Waals surface area contributed by atoms with Gasteiger partial charge in [0.2, 0.25) is 0 Å². The molecule has 1 N–H and O–H groups in total. The van der Waals surface area contributed by atoms with Crippen LogP contribution in [0, 0.1) is 0 Å². The molecule has 21 heavy (non-hydrogen) atoms. The molecule has 2 heterocycles. The van der Waals surface area contributed by atoms with Crippen LogP contribution >= 0.6 is 11.3 Å². The van der Waals surface area contributed by atoms with Crippen LogP contribution < -0.4 is 10.9 Å². The van der Waals surface area contributed by atoms with Crippen LogP contribution in [0.25, 0.3) is 0 Å². The molecule has 1 atom stereocenters. The number of hydrogen-bond donors (Lipinski definition) is 1. The van der Waals surface area contributed by atoms with Crippen LogP contribution in [0.2, 0.25) is 0 Å². The maximum absolute atomic E-state index is 11.9. The molecule has 0 amide bonds. The van der Waals surface area contributed by atoms with E-state index in [9.17, 15) is 4.79 Å². The van der Waals surface area contributed by atoms with Crippen LogP contribution in [-0.4, -0.2) is 15.6 Å². The normalized spacial score (nSPS) is 17.4. The molecule has 3 rings (SSSR count). The van der Waals surface area contributed by atoms with E-state index < -0.39 is 0 Å². The standard InChI is InChI=1S/C16H19N3OS/c1-2-8-19-14-5-4-13(10-12(14)3-6-16(19)20)18-11-15-17-7-9-21-15/h2-3,6-7,9,13,18H,1,4-5,8,10-11H2. The van der Waals surface area contributed by atoms with Gasteiger partial charge in [-0.25, -0.2) is 4.98 Å². The van der Waals surface area contributed by atoms with Crippen LogP contribution in [-0.2, 0) is 25.9 Å². The van der Waals surface area contributed by atoms with E-state index in [1.165, 1.54) is 11.3 Å². The Labute approximate surface area is 128 Å². The van der Waals surface area contributed by atoms with E-state index in [4.69, 9.17) is 0 Å². The van der Waals surface area contributed by atoms with Crippen LogP contribution in [0.4, 0.5) is 0 Å². The lowest BCUT2D eigenvalue weighted by Gasteiger charge is -2.27. The fraction of sp³-hybridized carbons (Fsp3) is 0.375. The molecule has 0 bridgehead atoms. The Kier molecular flexibility index (Phi) is 4.31. The van der Waals surface area contributed by atoms with Gasteiger partial charge in [0.1, 0.15) is 5.01 Å². The van der Waals surface area contributed by atoms with Gasteiger partial charge in [0.05, 0.1) is 0 Å². The fourth-order valence-corrected chi connectivity index (χ4v) is 3.47. The van der Waals surface area contributed by atoms with E-state index in [1.807, 2.05) is 22.2 Å². The lowest BCUT2D eigenvalue weighted by atomic mass is 9.91. The minimum atomic E-state index is 0.0721. The number of fused-ring (bicyclic) bond motifs is 1. The van der Waals surface area contributed by atoms with E-state index in [2.05, 4.69) is 16.9 Å². The zero-order chi connectivity index (χ0) is 14.7. The maximum atomic E-state index is 11.9. The van der Waals surface area contributed by atoms with Gasteiger partial charge in [-0.05, 0) is 24.8 Å². The second-order valence-electron chi connectivity index (χ2n) is 5.29. The highest BCUT2D eigenvalue weighted by Gasteiger charge is 2.21. The third-order valence-electron chi connectivity index (χ3n) is 3.92. The quantitative estimate of drug-likeness (QED) is 0.861. The number of rotatable bonds is 5. The van der Waals surface area contributed by atoms with Gasteiger partial charge >= 0.3 is 0 Å². The highest BCUT2D eigenvalue weighted by Crippen LogP contribution is 2.20. The van der Waals surface area contributed by atoms with Gasteiger partial charge in [-0.2, -0.15) is 0 Å². The van der Waals surface area contributed by atoms with Crippen molar-refractivity contribution < 1.29 is 0 Å². The lowest BCUT2D eigenvalue weighted by Crippen LogP contribution is -2.37. The molecule has 0 spiro atoms. The summed E-state index contributed by atoms with van der Waals surface area (Å²) in [6.07, 6.45) is 6.59. The maximum Gasteiger partial charge on any atom is 0.251 e. The van der Waals surface area contributed by atoms with Gasteiger partial charge < -0.3 is 9.88 Å². The van der Waals surface area contributed by atoms with Crippen molar-refractivity contribution in [3.63, 3.8) is 0 Å². The van der Waals surface area contributed by atoms with Crippen LogP contribution in [0.1, 0.15) is 22.7 Å². The molecule has 1 aliphatic carbocycles. The molecule has 2 aromatic rings. The number of nitrogens with zero attached hydrogens (tertiary/aromatic N) is 2. The fourth-order valence-electron chi connectivity index (χ4n) is 2.90. The molecular weight excluding hydrogens is 282 g/mol. The summed E-state index contributed by atoms with van der Waals surface area (Å²) < 4.78 is 1.85. The summed E-state index contributed by atoms with van der Waals surface area (Å²) in [5.74, 6) is 0. The van der Waals surface area contributed by atoms with Crippen LogP contribution in [0.5, 0.6) is 0 Å².